The van der Waals surface area contributed by atoms with E-state index < -0.39 is 0 Å². The van der Waals surface area contributed by atoms with Crippen LogP contribution in [-0.2, 0) is 0 Å². The van der Waals surface area contributed by atoms with Crippen LogP contribution in [0.2, 0.25) is 0 Å². The van der Waals surface area contributed by atoms with Gasteiger partial charge in [-0.25, -0.2) is 5.43 Å². The molecule has 0 spiro atoms. The van der Waals surface area contributed by atoms with Crippen LogP contribution in [0.15, 0.2) is 47.4 Å². The Morgan fingerprint density at radius 3 is 2.74 bits per heavy atom. The average Bonchev–Trinajstić information content (AvgIpc) is 2.86. The minimum atomic E-state index is -0.0233. The van der Waals surface area contributed by atoms with E-state index in [0.717, 1.165) is 10.9 Å². The molecule has 1 atom stereocenters. The van der Waals surface area contributed by atoms with E-state index in [9.17, 15) is 0 Å². The SMILES string of the molecule is Cc1cscc1C(NN)c1cncc2ccccc12. The average molecular weight is 269 g/mol. The van der Waals surface area contributed by atoms with Gasteiger partial charge in [-0.15, -0.1) is 0 Å². The summed E-state index contributed by atoms with van der Waals surface area (Å²) < 4.78 is 0. The van der Waals surface area contributed by atoms with Gasteiger partial charge >= 0.3 is 0 Å². The van der Waals surface area contributed by atoms with E-state index in [1.807, 2.05) is 24.5 Å². The maximum Gasteiger partial charge on any atom is 0.0741 e. The summed E-state index contributed by atoms with van der Waals surface area (Å²) in [4.78, 5) is 4.33. The lowest BCUT2D eigenvalue weighted by molar-refractivity contribution is 0.638. The van der Waals surface area contributed by atoms with Crippen molar-refractivity contribution in [2.24, 2.45) is 5.84 Å². The Bertz CT molecular complexity index is 700. The van der Waals surface area contributed by atoms with E-state index in [4.69, 9.17) is 5.84 Å². The van der Waals surface area contributed by atoms with Crippen molar-refractivity contribution in [2.45, 2.75) is 13.0 Å². The van der Waals surface area contributed by atoms with Crippen LogP contribution < -0.4 is 11.3 Å². The van der Waals surface area contributed by atoms with Crippen molar-refractivity contribution in [3.63, 3.8) is 0 Å². The third kappa shape index (κ3) is 2.14. The highest BCUT2D eigenvalue weighted by Crippen LogP contribution is 2.30. The maximum atomic E-state index is 5.78. The van der Waals surface area contributed by atoms with Crippen molar-refractivity contribution in [1.29, 1.82) is 0 Å². The minimum Gasteiger partial charge on any atom is -0.271 e. The Morgan fingerprint density at radius 1 is 1.16 bits per heavy atom. The van der Waals surface area contributed by atoms with Gasteiger partial charge in [-0.1, -0.05) is 24.3 Å². The van der Waals surface area contributed by atoms with Crippen LogP contribution >= 0.6 is 11.3 Å². The summed E-state index contributed by atoms with van der Waals surface area (Å²) in [5, 5.41) is 6.60. The number of nitrogens with one attached hydrogen (secondary N) is 1. The molecule has 96 valence electrons. The molecule has 0 radical (unpaired) electrons. The molecule has 0 bridgehead atoms. The molecule has 2 aromatic heterocycles. The van der Waals surface area contributed by atoms with Gasteiger partial charge in [0.25, 0.3) is 0 Å². The third-order valence-corrected chi connectivity index (χ3v) is 4.26. The van der Waals surface area contributed by atoms with Gasteiger partial charge in [0.05, 0.1) is 6.04 Å². The van der Waals surface area contributed by atoms with Crippen molar-refractivity contribution >= 4 is 22.1 Å². The fourth-order valence-electron chi connectivity index (χ4n) is 2.38. The molecule has 0 fully saturated rings. The fraction of sp³-hybridized carbons (Fsp3) is 0.133. The van der Waals surface area contributed by atoms with Crippen molar-refractivity contribution in [2.75, 3.05) is 0 Å². The van der Waals surface area contributed by atoms with Gasteiger partial charge in [-0.3, -0.25) is 10.8 Å². The summed E-state index contributed by atoms with van der Waals surface area (Å²) in [7, 11) is 0. The monoisotopic (exact) mass is 269 g/mol. The van der Waals surface area contributed by atoms with Gasteiger partial charge in [0.2, 0.25) is 0 Å². The molecule has 4 heteroatoms. The van der Waals surface area contributed by atoms with Crippen LogP contribution in [0.25, 0.3) is 10.8 Å². The molecule has 19 heavy (non-hydrogen) atoms. The van der Waals surface area contributed by atoms with E-state index >= 15 is 0 Å². The van der Waals surface area contributed by atoms with Gasteiger partial charge < -0.3 is 0 Å². The van der Waals surface area contributed by atoms with Crippen molar-refractivity contribution < 1.29 is 0 Å². The molecule has 3 aromatic rings. The topological polar surface area (TPSA) is 50.9 Å². The maximum absolute atomic E-state index is 5.78. The first-order valence-electron chi connectivity index (χ1n) is 6.12. The van der Waals surface area contributed by atoms with Crippen molar-refractivity contribution in [3.8, 4) is 0 Å². The zero-order valence-corrected chi connectivity index (χ0v) is 11.4. The molecule has 0 amide bonds. The fourth-order valence-corrected chi connectivity index (χ4v) is 3.26. The number of hydrogen-bond donors (Lipinski definition) is 2. The second-order valence-corrected chi connectivity index (χ2v) is 5.30. The standard InChI is InChI=1S/C15H15N3S/c1-10-8-19-9-14(10)15(18-16)13-7-17-6-11-4-2-3-5-12(11)13/h2-9,15,18H,16H2,1H3. The number of aromatic nitrogens is 1. The third-order valence-electron chi connectivity index (χ3n) is 3.38. The molecule has 2 heterocycles. The number of hydrazine groups is 1. The molecule has 0 aliphatic carbocycles. The zero-order chi connectivity index (χ0) is 13.2. The highest BCUT2D eigenvalue weighted by atomic mass is 32.1. The number of pyridine rings is 1. The number of thiophene rings is 1. The number of rotatable bonds is 3. The van der Waals surface area contributed by atoms with Gasteiger partial charge in [-0.05, 0) is 34.2 Å². The quantitative estimate of drug-likeness (QED) is 0.567. The van der Waals surface area contributed by atoms with Gasteiger partial charge in [0, 0.05) is 23.3 Å². The smallest absolute Gasteiger partial charge is 0.0741 e. The summed E-state index contributed by atoms with van der Waals surface area (Å²) in [6.07, 6.45) is 3.77. The molecule has 3 N–H and O–H groups in total. The predicted molar refractivity (Wildman–Crippen MR) is 80.0 cm³/mol. The summed E-state index contributed by atoms with van der Waals surface area (Å²) in [6.45, 7) is 2.11. The largest absolute Gasteiger partial charge is 0.271 e. The molecule has 1 unspecified atom stereocenters. The molecule has 0 aliphatic rings. The normalized spacial score (nSPS) is 12.7. The van der Waals surface area contributed by atoms with Crippen LogP contribution in [0.4, 0.5) is 0 Å². The Morgan fingerprint density at radius 2 is 2.00 bits per heavy atom. The summed E-state index contributed by atoms with van der Waals surface area (Å²) in [6, 6.07) is 8.22. The van der Waals surface area contributed by atoms with Crippen molar-refractivity contribution in [3.05, 3.63) is 64.1 Å². The molecular formula is C15H15N3S. The molecule has 1 aromatic carbocycles. The number of benzene rings is 1. The lowest BCUT2D eigenvalue weighted by Gasteiger charge is -2.18. The number of nitrogens with zero attached hydrogens (tertiary/aromatic N) is 1. The lowest BCUT2D eigenvalue weighted by Crippen LogP contribution is -2.29. The Labute approximate surface area is 116 Å². The number of nitrogens with two attached hydrogens (primary N) is 1. The second kappa shape index (κ2) is 5.09. The van der Waals surface area contributed by atoms with Crippen molar-refractivity contribution in [1.82, 2.24) is 10.4 Å². The minimum absolute atomic E-state index is 0.0233. The second-order valence-electron chi connectivity index (χ2n) is 4.56. The van der Waals surface area contributed by atoms with Crippen LogP contribution in [0.3, 0.4) is 0 Å². The molecule has 0 saturated heterocycles. The zero-order valence-electron chi connectivity index (χ0n) is 10.6. The number of fused-ring (bicyclic) bond motifs is 1. The Kier molecular flexibility index (Phi) is 3.29. The van der Waals surface area contributed by atoms with E-state index in [0.29, 0.717) is 0 Å². The van der Waals surface area contributed by atoms with Crippen LogP contribution in [0, 0.1) is 6.92 Å². The highest BCUT2D eigenvalue weighted by molar-refractivity contribution is 7.08. The van der Waals surface area contributed by atoms with E-state index in [-0.39, 0.29) is 6.04 Å². The summed E-state index contributed by atoms with van der Waals surface area (Å²) >= 11 is 1.69. The molecule has 3 nitrogen and oxygen atoms in total. The van der Waals surface area contributed by atoms with Gasteiger partial charge in [-0.2, -0.15) is 11.3 Å². The molecule has 0 saturated carbocycles. The molecule has 3 rings (SSSR count). The number of hydrogen-bond acceptors (Lipinski definition) is 4. The van der Waals surface area contributed by atoms with E-state index in [1.54, 1.807) is 11.3 Å². The summed E-state index contributed by atoms with van der Waals surface area (Å²) in [5.41, 5.74) is 6.50. The first-order valence-corrected chi connectivity index (χ1v) is 7.07. The molecular weight excluding hydrogens is 254 g/mol. The molecule has 0 aliphatic heterocycles. The lowest BCUT2D eigenvalue weighted by atomic mass is 9.96. The Hall–Kier alpha value is -1.75. The van der Waals surface area contributed by atoms with Crippen LogP contribution in [0.5, 0.6) is 0 Å². The van der Waals surface area contributed by atoms with Gasteiger partial charge in [0.1, 0.15) is 0 Å². The van der Waals surface area contributed by atoms with E-state index in [1.165, 1.54) is 16.5 Å². The highest BCUT2D eigenvalue weighted by Gasteiger charge is 2.17. The first kappa shape index (κ1) is 12.3. The summed E-state index contributed by atoms with van der Waals surface area (Å²) in [5.74, 6) is 5.78. The van der Waals surface area contributed by atoms with Crippen LogP contribution in [0.1, 0.15) is 22.7 Å². The first-order chi connectivity index (χ1) is 9.31. The van der Waals surface area contributed by atoms with Crippen LogP contribution in [-0.4, -0.2) is 4.98 Å². The predicted octanol–water partition coefficient (Wildman–Crippen LogP) is 3.16. The van der Waals surface area contributed by atoms with Gasteiger partial charge in [0.15, 0.2) is 0 Å². The Balaban J connectivity index is 2.20. The number of aryl methyl sites for hydroxylation is 1. The van der Waals surface area contributed by atoms with E-state index in [2.05, 4.69) is 40.2 Å².